The van der Waals surface area contributed by atoms with E-state index in [1.54, 1.807) is 0 Å². The van der Waals surface area contributed by atoms with Crippen molar-refractivity contribution in [3.8, 4) is 17.2 Å². The second-order valence-corrected chi connectivity index (χ2v) is 5.47. The summed E-state index contributed by atoms with van der Waals surface area (Å²) in [5.74, 6) is 2.31. The Labute approximate surface area is 111 Å². The third-order valence-corrected chi connectivity index (χ3v) is 3.54. The highest BCUT2D eigenvalue weighted by molar-refractivity contribution is 7.80. The van der Waals surface area contributed by atoms with Gasteiger partial charge in [0.2, 0.25) is 6.79 Å². The lowest BCUT2D eigenvalue weighted by molar-refractivity contribution is 0.173. The Morgan fingerprint density at radius 3 is 2.83 bits per heavy atom. The summed E-state index contributed by atoms with van der Waals surface area (Å²) < 4.78 is 16.4. The SMILES string of the molecule is NC(=S)CC1(COc2ccc3c(c2)OCO3)CC1. The van der Waals surface area contributed by atoms with E-state index in [0.29, 0.717) is 11.6 Å². The van der Waals surface area contributed by atoms with Crippen molar-refractivity contribution in [1.82, 2.24) is 0 Å². The summed E-state index contributed by atoms with van der Waals surface area (Å²) in [7, 11) is 0. The minimum Gasteiger partial charge on any atom is -0.493 e. The average Bonchev–Trinajstić information content (AvgIpc) is 2.92. The Balaban J connectivity index is 1.62. The summed E-state index contributed by atoms with van der Waals surface area (Å²) in [6, 6.07) is 5.62. The van der Waals surface area contributed by atoms with Crippen LogP contribution in [0.25, 0.3) is 0 Å². The van der Waals surface area contributed by atoms with E-state index in [4.69, 9.17) is 32.2 Å². The Kier molecular flexibility index (Phi) is 2.78. The van der Waals surface area contributed by atoms with E-state index in [1.165, 1.54) is 0 Å². The average molecular weight is 265 g/mol. The smallest absolute Gasteiger partial charge is 0.231 e. The van der Waals surface area contributed by atoms with Gasteiger partial charge in [-0.15, -0.1) is 0 Å². The predicted molar refractivity (Wildman–Crippen MR) is 71.1 cm³/mol. The van der Waals surface area contributed by atoms with Crippen molar-refractivity contribution < 1.29 is 14.2 Å². The quantitative estimate of drug-likeness (QED) is 0.828. The molecule has 0 spiro atoms. The second-order valence-electron chi connectivity index (χ2n) is 4.95. The number of ether oxygens (including phenoxy) is 3. The minimum atomic E-state index is 0.169. The molecular weight excluding hydrogens is 250 g/mol. The molecule has 3 rings (SSSR count). The van der Waals surface area contributed by atoms with E-state index in [9.17, 15) is 0 Å². The first kappa shape index (κ1) is 11.6. The van der Waals surface area contributed by atoms with Crippen molar-refractivity contribution in [3.05, 3.63) is 18.2 Å². The molecule has 4 nitrogen and oxygen atoms in total. The van der Waals surface area contributed by atoms with Crippen LogP contribution in [0.1, 0.15) is 19.3 Å². The van der Waals surface area contributed by atoms with Gasteiger partial charge in [0.15, 0.2) is 11.5 Å². The fraction of sp³-hybridized carbons (Fsp3) is 0.462. The van der Waals surface area contributed by atoms with E-state index in [-0.39, 0.29) is 12.2 Å². The molecule has 1 saturated carbocycles. The normalized spacial score (nSPS) is 18.4. The molecule has 0 saturated heterocycles. The van der Waals surface area contributed by atoms with Crippen LogP contribution in [0, 0.1) is 5.41 Å². The number of benzene rings is 1. The zero-order valence-electron chi connectivity index (χ0n) is 9.98. The van der Waals surface area contributed by atoms with Gasteiger partial charge in [-0.1, -0.05) is 12.2 Å². The molecule has 1 aliphatic heterocycles. The first-order valence-electron chi connectivity index (χ1n) is 5.98. The van der Waals surface area contributed by atoms with Crippen LogP contribution in [0.4, 0.5) is 0 Å². The van der Waals surface area contributed by atoms with Crippen LogP contribution < -0.4 is 19.9 Å². The van der Waals surface area contributed by atoms with Crippen LogP contribution in [0.2, 0.25) is 0 Å². The lowest BCUT2D eigenvalue weighted by Crippen LogP contribution is -2.20. The van der Waals surface area contributed by atoms with Crippen molar-refractivity contribution in [3.63, 3.8) is 0 Å². The molecule has 0 amide bonds. The molecule has 0 aromatic heterocycles. The fourth-order valence-corrected chi connectivity index (χ4v) is 2.43. The molecule has 5 heteroatoms. The van der Waals surface area contributed by atoms with Crippen molar-refractivity contribution in [1.29, 1.82) is 0 Å². The molecule has 0 unspecified atom stereocenters. The molecule has 1 heterocycles. The minimum absolute atomic E-state index is 0.169. The molecule has 18 heavy (non-hydrogen) atoms. The maximum atomic E-state index is 5.81. The summed E-state index contributed by atoms with van der Waals surface area (Å²) in [5.41, 5.74) is 5.77. The van der Waals surface area contributed by atoms with Gasteiger partial charge in [0.1, 0.15) is 5.75 Å². The molecule has 1 aromatic rings. The number of hydrogen-bond acceptors (Lipinski definition) is 4. The number of nitrogens with two attached hydrogens (primary N) is 1. The van der Waals surface area contributed by atoms with Gasteiger partial charge in [-0.25, -0.2) is 0 Å². The van der Waals surface area contributed by atoms with Crippen molar-refractivity contribution >= 4 is 17.2 Å². The number of thiocarbonyl (C=S) groups is 1. The Morgan fingerprint density at radius 2 is 2.11 bits per heavy atom. The number of hydrogen-bond donors (Lipinski definition) is 1. The monoisotopic (exact) mass is 265 g/mol. The van der Waals surface area contributed by atoms with Crippen molar-refractivity contribution in [2.45, 2.75) is 19.3 Å². The van der Waals surface area contributed by atoms with Gasteiger partial charge in [-0.05, 0) is 25.0 Å². The molecule has 1 fully saturated rings. The lowest BCUT2D eigenvalue weighted by atomic mass is 10.0. The first-order chi connectivity index (χ1) is 8.67. The third-order valence-electron chi connectivity index (χ3n) is 3.40. The maximum absolute atomic E-state index is 5.81. The molecular formula is C13H15NO3S. The highest BCUT2D eigenvalue weighted by atomic mass is 32.1. The first-order valence-corrected chi connectivity index (χ1v) is 6.39. The van der Waals surface area contributed by atoms with Crippen LogP contribution in [-0.4, -0.2) is 18.4 Å². The Hall–Kier alpha value is -1.49. The van der Waals surface area contributed by atoms with E-state index in [2.05, 4.69) is 0 Å². The van der Waals surface area contributed by atoms with E-state index in [0.717, 1.165) is 36.5 Å². The van der Waals surface area contributed by atoms with Gasteiger partial charge < -0.3 is 19.9 Å². The molecule has 1 aromatic carbocycles. The fourth-order valence-electron chi connectivity index (χ4n) is 2.12. The van der Waals surface area contributed by atoms with Gasteiger partial charge in [0.25, 0.3) is 0 Å². The van der Waals surface area contributed by atoms with Crippen molar-refractivity contribution in [2.75, 3.05) is 13.4 Å². The van der Waals surface area contributed by atoms with Gasteiger partial charge in [-0.3, -0.25) is 0 Å². The molecule has 0 radical (unpaired) electrons. The van der Waals surface area contributed by atoms with Crippen LogP contribution >= 0.6 is 12.2 Å². The molecule has 0 atom stereocenters. The zero-order valence-corrected chi connectivity index (χ0v) is 10.8. The molecule has 96 valence electrons. The topological polar surface area (TPSA) is 53.7 Å². The predicted octanol–water partition coefficient (Wildman–Crippen LogP) is 2.25. The van der Waals surface area contributed by atoms with E-state index in [1.807, 2.05) is 18.2 Å². The van der Waals surface area contributed by atoms with Gasteiger partial charge in [0, 0.05) is 17.9 Å². The number of rotatable bonds is 5. The van der Waals surface area contributed by atoms with Crippen LogP contribution in [0.15, 0.2) is 18.2 Å². The largest absolute Gasteiger partial charge is 0.493 e. The van der Waals surface area contributed by atoms with Gasteiger partial charge >= 0.3 is 0 Å². The van der Waals surface area contributed by atoms with E-state index < -0.39 is 0 Å². The van der Waals surface area contributed by atoms with Crippen LogP contribution in [0.5, 0.6) is 17.2 Å². The molecule has 1 aliphatic carbocycles. The summed E-state index contributed by atoms with van der Waals surface area (Å²) >= 11 is 4.97. The van der Waals surface area contributed by atoms with Crippen LogP contribution in [0.3, 0.4) is 0 Å². The lowest BCUT2D eigenvalue weighted by Gasteiger charge is -2.15. The summed E-state index contributed by atoms with van der Waals surface area (Å²) in [6.07, 6.45) is 3.04. The molecule has 2 N–H and O–H groups in total. The third kappa shape index (κ3) is 2.36. The molecule has 2 aliphatic rings. The highest BCUT2D eigenvalue weighted by Gasteiger charge is 2.43. The van der Waals surface area contributed by atoms with Crippen LogP contribution in [-0.2, 0) is 0 Å². The zero-order chi connectivity index (χ0) is 12.6. The molecule has 0 bridgehead atoms. The van der Waals surface area contributed by atoms with E-state index >= 15 is 0 Å². The van der Waals surface area contributed by atoms with Crippen molar-refractivity contribution in [2.24, 2.45) is 11.1 Å². The Bertz CT molecular complexity index is 485. The standard InChI is InChI=1S/C13H15NO3S/c14-12(18)6-13(3-4-13)7-15-9-1-2-10-11(5-9)17-8-16-10/h1-2,5H,3-4,6-8H2,(H2,14,18). The van der Waals surface area contributed by atoms with Gasteiger partial charge in [0.05, 0.1) is 11.6 Å². The number of fused-ring (bicyclic) bond motifs is 1. The second kappa shape index (κ2) is 4.31. The maximum Gasteiger partial charge on any atom is 0.231 e. The van der Waals surface area contributed by atoms with Gasteiger partial charge in [-0.2, -0.15) is 0 Å². The summed E-state index contributed by atoms with van der Waals surface area (Å²) in [6.45, 7) is 0.939. The Morgan fingerprint density at radius 1 is 1.33 bits per heavy atom. The summed E-state index contributed by atoms with van der Waals surface area (Å²) in [5, 5.41) is 0. The highest BCUT2D eigenvalue weighted by Crippen LogP contribution is 2.49. The summed E-state index contributed by atoms with van der Waals surface area (Å²) in [4.78, 5) is 0.571.